The summed E-state index contributed by atoms with van der Waals surface area (Å²) in [4.78, 5) is 14.4. The highest BCUT2D eigenvalue weighted by molar-refractivity contribution is 6.29. The van der Waals surface area contributed by atoms with Crippen molar-refractivity contribution in [2.75, 3.05) is 0 Å². The van der Waals surface area contributed by atoms with Crippen molar-refractivity contribution < 1.29 is 9.90 Å². The molecule has 0 saturated heterocycles. The van der Waals surface area contributed by atoms with Gasteiger partial charge in [-0.15, -0.1) is 0 Å². The zero-order valence-corrected chi connectivity index (χ0v) is 7.82. The number of nitrogens with zero attached hydrogens (tertiary/aromatic N) is 2. The van der Waals surface area contributed by atoms with Crippen LogP contribution in [0.4, 0.5) is 0 Å². The van der Waals surface area contributed by atoms with Crippen molar-refractivity contribution in [1.82, 2.24) is 9.55 Å². The molecule has 3 N–H and O–H groups in total. The molecule has 0 spiro atoms. The fourth-order valence-electron chi connectivity index (χ4n) is 0.898. The van der Waals surface area contributed by atoms with Gasteiger partial charge < -0.3 is 15.4 Å². The van der Waals surface area contributed by atoms with Gasteiger partial charge in [-0.05, 0) is 0 Å². The third-order valence-corrected chi connectivity index (χ3v) is 2.10. The Morgan fingerprint density at radius 1 is 1.92 bits per heavy atom. The van der Waals surface area contributed by atoms with Gasteiger partial charge in [-0.25, -0.2) is 4.98 Å². The maximum Gasteiger partial charge on any atom is 0.320 e. The van der Waals surface area contributed by atoms with Gasteiger partial charge in [-0.3, -0.25) is 4.79 Å². The van der Waals surface area contributed by atoms with Crippen LogP contribution in [0, 0.1) is 0 Å². The second-order valence-corrected chi connectivity index (χ2v) is 3.09. The number of imidazole rings is 1. The molecule has 72 valence electrons. The van der Waals surface area contributed by atoms with Gasteiger partial charge in [-0.1, -0.05) is 11.6 Å². The lowest BCUT2D eigenvalue weighted by Crippen LogP contribution is -2.33. The molecule has 1 rings (SSSR count). The summed E-state index contributed by atoms with van der Waals surface area (Å²) in [5.74, 6) is -0.473. The predicted octanol–water partition coefficient (Wildman–Crippen LogP) is 0.0279. The predicted molar refractivity (Wildman–Crippen MR) is 47.5 cm³/mol. The van der Waals surface area contributed by atoms with E-state index in [-0.39, 0.29) is 6.42 Å². The van der Waals surface area contributed by atoms with Crippen LogP contribution in [0.5, 0.6) is 0 Å². The SMILES string of the molecule is Cn1c(Cl)cnc1C[C@H](N)C(=O)O. The molecule has 13 heavy (non-hydrogen) atoms. The Morgan fingerprint density at radius 3 is 2.92 bits per heavy atom. The molecule has 5 nitrogen and oxygen atoms in total. The minimum absolute atomic E-state index is 0.179. The number of carbonyl (C=O) groups is 1. The van der Waals surface area contributed by atoms with E-state index in [9.17, 15) is 4.79 Å². The minimum atomic E-state index is -1.04. The van der Waals surface area contributed by atoms with Gasteiger partial charge >= 0.3 is 5.97 Å². The normalized spacial score (nSPS) is 12.8. The highest BCUT2D eigenvalue weighted by Crippen LogP contribution is 2.09. The number of carboxylic acid groups (broad SMARTS) is 1. The van der Waals surface area contributed by atoms with Crippen LogP contribution < -0.4 is 5.73 Å². The van der Waals surface area contributed by atoms with Gasteiger partial charge in [0, 0.05) is 13.5 Å². The number of hydrogen-bond acceptors (Lipinski definition) is 3. The lowest BCUT2D eigenvalue weighted by Gasteiger charge is -2.05. The van der Waals surface area contributed by atoms with Crippen LogP contribution in [-0.2, 0) is 18.3 Å². The summed E-state index contributed by atoms with van der Waals surface area (Å²) >= 11 is 5.70. The summed E-state index contributed by atoms with van der Waals surface area (Å²) < 4.78 is 1.60. The van der Waals surface area contributed by atoms with E-state index in [0.717, 1.165) is 0 Å². The summed E-state index contributed by atoms with van der Waals surface area (Å²) in [5, 5.41) is 9.01. The number of aliphatic carboxylic acids is 1. The molecule has 0 radical (unpaired) electrons. The van der Waals surface area contributed by atoms with Crippen LogP contribution in [0.1, 0.15) is 5.82 Å². The first-order valence-corrected chi connectivity index (χ1v) is 4.04. The molecule has 0 aliphatic heterocycles. The summed E-state index contributed by atoms with van der Waals surface area (Å²) in [5.41, 5.74) is 5.33. The van der Waals surface area contributed by atoms with E-state index in [1.54, 1.807) is 11.6 Å². The van der Waals surface area contributed by atoms with Gasteiger partial charge in [0.15, 0.2) is 0 Å². The van der Waals surface area contributed by atoms with E-state index in [2.05, 4.69) is 4.98 Å². The minimum Gasteiger partial charge on any atom is -0.480 e. The first-order chi connectivity index (χ1) is 6.02. The summed E-state index contributed by atoms with van der Waals surface area (Å²) in [7, 11) is 1.71. The molecule has 0 unspecified atom stereocenters. The average Bonchev–Trinajstić information content (AvgIpc) is 2.36. The quantitative estimate of drug-likeness (QED) is 0.726. The zero-order chi connectivity index (χ0) is 10.0. The standard InChI is InChI=1S/C7H10ClN3O2/c1-11-5(8)3-10-6(11)2-4(9)7(12)13/h3-4H,2,9H2,1H3,(H,12,13)/t4-/m0/s1. The second-order valence-electron chi connectivity index (χ2n) is 2.71. The van der Waals surface area contributed by atoms with Crippen molar-refractivity contribution in [3.63, 3.8) is 0 Å². The molecule has 0 amide bonds. The van der Waals surface area contributed by atoms with E-state index in [4.69, 9.17) is 22.4 Å². The maximum atomic E-state index is 10.4. The number of halogens is 1. The van der Waals surface area contributed by atoms with Gasteiger partial charge in [0.25, 0.3) is 0 Å². The van der Waals surface area contributed by atoms with Crippen LogP contribution >= 0.6 is 11.6 Å². The van der Waals surface area contributed by atoms with Crippen LogP contribution in [0.3, 0.4) is 0 Å². The number of carboxylic acids is 1. The van der Waals surface area contributed by atoms with Crippen molar-refractivity contribution >= 4 is 17.6 Å². The molecule has 1 atom stereocenters. The van der Waals surface area contributed by atoms with E-state index in [1.165, 1.54) is 6.20 Å². The van der Waals surface area contributed by atoms with Crippen molar-refractivity contribution in [2.45, 2.75) is 12.5 Å². The fourth-order valence-corrected chi connectivity index (χ4v) is 1.04. The summed E-state index contributed by atoms with van der Waals surface area (Å²) in [6.45, 7) is 0. The first kappa shape index (κ1) is 10.0. The van der Waals surface area contributed by atoms with Crippen molar-refractivity contribution in [1.29, 1.82) is 0 Å². The molecule has 0 fully saturated rings. The number of hydrogen-bond donors (Lipinski definition) is 2. The van der Waals surface area contributed by atoms with Gasteiger partial charge in [-0.2, -0.15) is 0 Å². The Balaban J connectivity index is 2.74. The number of nitrogens with two attached hydrogens (primary N) is 1. The molecule has 1 aromatic rings. The second kappa shape index (κ2) is 3.76. The Morgan fingerprint density at radius 2 is 2.54 bits per heavy atom. The molecular weight excluding hydrogens is 194 g/mol. The Kier molecular flexibility index (Phi) is 2.90. The van der Waals surface area contributed by atoms with Crippen LogP contribution in [0.15, 0.2) is 6.20 Å². The number of aromatic nitrogens is 2. The largest absolute Gasteiger partial charge is 0.480 e. The number of rotatable bonds is 3. The van der Waals surface area contributed by atoms with Crippen LogP contribution in [0.2, 0.25) is 5.15 Å². The maximum absolute atomic E-state index is 10.4. The van der Waals surface area contributed by atoms with Crippen molar-refractivity contribution in [3.05, 3.63) is 17.2 Å². The van der Waals surface area contributed by atoms with Crippen LogP contribution in [-0.4, -0.2) is 26.7 Å². The topological polar surface area (TPSA) is 81.1 Å². The Bertz CT molecular complexity index is 324. The lowest BCUT2D eigenvalue weighted by atomic mass is 10.2. The molecule has 0 aliphatic carbocycles. The van der Waals surface area contributed by atoms with Crippen molar-refractivity contribution in [3.8, 4) is 0 Å². The summed E-state index contributed by atoms with van der Waals surface area (Å²) in [6.07, 6.45) is 1.64. The van der Waals surface area contributed by atoms with Gasteiger partial charge in [0.1, 0.15) is 17.0 Å². The Labute approximate surface area is 80.1 Å². The molecule has 0 aliphatic rings. The molecular formula is C7H10ClN3O2. The highest BCUT2D eigenvalue weighted by atomic mass is 35.5. The van der Waals surface area contributed by atoms with Crippen molar-refractivity contribution in [2.24, 2.45) is 12.8 Å². The molecule has 6 heteroatoms. The van der Waals surface area contributed by atoms with Gasteiger partial charge in [0.05, 0.1) is 6.20 Å². The average molecular weight is 204 g/mol. The van der Waals surface area contributed by atoms with E-state index in [0.29, 0.717) is 11.0 Å². The molecule has 1 heterocycles. The molecule has 0 aromatic carbocycles. The zero-order valence-electron chi connectivity index (χ0n) is 7.07. The van der Waals surface area contributed by atoms with E-state index < -0.39 is 12.0 Å². The van der Waals surface area contributed by atoms with Crippen LogP contribution in [0.25, 0.3) is 0 Å². The summed E-state index contributed by atoms with van der Waals surface area (Å²) in [6, 6.07) is -0.933. The molecule has 1 aromatic heterocycles. The van der Waals surface area contributed by atoms with Gasteiger partial charge in [0.2, 0.25) is 0 Å². The van der Waals surface area contributed by atoms with E-state index in [1.807, 2.05) is 0 Å². The highest BCUT2D eigenvalue weighted by Gasteiger charge is 2.15. The molecule has 0 bridgehead atoms. The monoisotopic (exact) mass is 203 g/mol. The fraction of sp³-hybridized carbons (Fsp3) is 0.429. The third-order valence-electron chi connectivity index (χ3n) is 1.75. The Hall–Kier alpha value is -1.07. The van der Waals surface area contributed by atoms with E-state index >= 15 is 0 Å². The third kappa shape index (κ3) is 2.19. The molecule has 0 saturated carbocycles. The first-order valence-electron chi connectivity index (χ1n) is 3.67. The lowest BCUT2D eigenvalue weighted by molar-refractivity contribution is -0.138. The smallest absolute Gasteiger partial charge is 0.320 e.